The van der Waals surface area contributed by atoms with E-state index in [0.29, 0.717) is 10.9 Å². The number of halogens is 1. The van der Waals surface area contributed by atoms with Crippen LogP contribution in [0, 0.1) is 0 Å². The van der Waals surface area contributed by atoms with Gasteiger partial charge in [0.2, 0.25) is 0 Å². The Morgan fingerprint density at radius 1 is 1.17 bits per heavy atom. The molecule has 1 nitrogen and oxygen atoms in total. The highest BCUT2D eigenvalue weighted by Gasteiger charge is 2.28. The van der Waals surface area contributed by atoms with E-state index in [2.05, 4.69) is 35.6 Å². The van der Waals surface area contributed by atoms with Crippen molar-refractivity contribution in [1.82, 2.24) is 0 Å². The number of hydrogen-bond donors (Lipinski definition) is 0. The molecule has 0 aromatic heterocycles. The molecule has 2 atom stereocenters. The molecule has 0 spiro atoms. The van der Waals surface area contributed by atoms with Crippen LogP contribution in [0.15, 0.2) is 0 Å². The van der Waals surface area contributed by atoms with Crippen LogP contribution >= 0.6 is 15.9 Å². The van der Waals surface area contributed by atoms with Crippen molar-refractivity contribution < 1.29 is 4.43 Å². The quantitative estimate of drug-likeness (QED) is 0.538. The predicted molar refractivity (Wildman–Crippen MR) is 59.4 cm³/mol. The lowest BCUT2D eigenvalue weighted by Gasteiger charge is -2.33. The SMILES string of the molecule is C[Si](C)(C)O[C@H]1CCCC[C@@H]1Br. The normalized spacial score (nSPS) is 32.0. The molecule has 1 fully saturated rings. The fourth-order valence-corrected chi connectivity index (χ4v) is 3.72. The Kier molecular flexibility index (Phi) is 3.80. The highest BCUT2D eigenvalue weighted by Crippen LogP contribution is 2.28. The zero-order valence-electron chi connectivity index (χ0n) is 8.27. The molecule has 12 heavy (non-hydrogen) atoms. The third-order valence-corrected chi connectivity index (χ3v) is 4.18. The van der Waals surface area contributed by atoms with Crippen molar-refractivity contribution >= 4 is 24.2 Å². The molecule has 0 unspecified atom stereocenters. The van der Waals surface area contributed by atoms with Gasteiger partial charge in [0.05, 0.1) is 6.10 Å². The van der Waals surface area contributed by atoms with E-state index in [1.54, 1.807) is 0 Å². The van der Waals surface area contributed by atoms with E-state index >= 15 is 0 Å². The van der Waals surface area contributed by atoms with Crippen molar-refractivity contribution in [3.05, 3.63) is 0 Å². The first-order chi connectivity index (χ1) is 5.49. The van der Waals surface area contributed by atoms with E-state index < -0.39 is 8.32 Å². The largest absolute Gasteiger partial charge is 0.414 e. The van der Waals surface area contributed by atoms with Crippen molar-refractivity contribution in [3.63, 3.8) is 0 Å². The molecule has 0 aromatic rings. The van der Waals surface area contributed by atoms with Gasteiger partial charge < -0.3 is 4.43 Å². The van der Waals surface area contributed by atoms with Crippen LogP contribution in [-0.4, -0.2) is 19.2 Å². The van der Waals surface area contributed by atoms with Gasteiger partial charge in [0.25, 0.3) is 0 Å². The summed E-state index contributed by atoms with van der Waals surface area (Å²) in [6.45, 7) is 6.80. The van der Waals surface area contributed by atoms with Crippen molar-refractivity contribution in [3.8, 4) is 0 Å². The summed E-state index contributed by atoms with van der Waals surface area (Å²) in [6.07, 6.45) is 5.74. The fourth-order valence-electron chi connectivity index (χ4n) is 1.64. The Morgan fingerprint density at radius 3 is 2.25 bits per heavy atom. The molecule has 0 heterocycles. The van der Waals surface area contributed by atoms with Gasteiger partial charge in [0.15, 0.2) is 8.32 Å². The van der Waals surface area contributed by atoms with E-state index in [1.807, 2.05) is 0 Å². The van der Waals surface area contributed by atoms with Crippen LogP contribution in [0.3, 0.4) is 0 Å². The van der Waals surface area contributed by atoms with Crippen molar-refractivity contribution in [2.45, 2.75) is 56.3 Å². The Labute approximate surface area is 85.1 Å². The summed E-state index contributed by atoms with van der Waals surface area (Å²) < 4.78 is 6.08. The highest BCUT2D eigenvalue weighted by atomic mass is 79.9. The smallest absolute Gasteiger partial charge is 0.184 e. The van der Waals surface area contributed by atoms with Crippen LogP contribution in [-0.2, 0) is 4.43 Å². The number of alkyl halides is 1. The van der Waals surface area contributed by atoms with Crippen LogP contribution in [0.4, 0.5) is 0 Å². The Bertz CT molecular complexity index is 144. The number of rotatable bonds is 2. The average Bonchev–Trinajstić information content (AvgIpc) is 1.91. The monoisotopic (exact) mass is 250 g/mol. The average molecular weight is 251 g/mol. The van der Waals surface area contributed by atoms with Crippen LogP contribution in [0.1, 0.15) is 25.7 Å². The molecule has 0 aliphatic heterocycles. The summed E-state index contributed by atoms with van der Waals surface area (Å²) in [5, 5.41) is 0. The molecule has 3 heteroatoms. The van der Waals surface area contributed by atoms with E-state index in [0.717, 1.165) is 0 Å². The third kappa shape index (κ3) is 3.58. The van der Waals surface area contributed by atoms with Crippen LogP contribution in [0.2, 0.25) is 19.6 Å². The second-order valence-corrected chi connectivity index (χ2v) is 10.2. The van der Waals surface area contributed by atoms with Gasteiger partial charge in [0, 0.05) is 4.83 Å². The molecule has 0 N–H and O–H groups in total. The predicted octanol–water partition coefficient (Wildman–Crippen LogP) is 3.54. The molecular formula is C9H19BrOSi. The lowest BCUT2D eigenvalue weighted by molar-refractivity contribution is 0.157. The summed E-state index contributed by atoms with van der Waals surface area (Å²) >= 11 is 3.70. The zero-order chi connectivity index (χ0) is 9.19. The molecule has 1 aliphatic carbocycles. The van der Waals surface area contributed by atoms with E-state index in [-0.39, 0.29) is 0 Å². The minimum atomic E-state index is -1.32. The molecule has 1 aliphatic rings. The van der Waals surface area contributed by atoms with Crippen LogP contribution < -0.4 is 0 Å². The molecule has 0 aromatic carbocycles. The first-order valence-electron chi connectivity index (χ1n) is 4.81. The summed E-state index contributed by atoms with van der Waals surface area (Å²) in [5.41, 5.74) is 0. The molecule has 1 saturated carbocycles. The molecule has 0 radical (unpaired) electrons. The molecule has 0 amide bonds. The van der Waals surface area contributed by atoms with E-state index in [4.69, 9.17) is 4.43 Å². The van der Waals surface area contributed by atoms with Crippen molar-refractivity contribution in [2.24, 2.45) is 0 Å². The van der Waals surface area contributed by atoms with Gasteiger partial charge >= 0.3 is 0 Å². The third-order valence-electron chi connectivity index (χ3n) is 2.13. The topological polar surface area (TPSA) is 9.23 Å². The molecule has 1 rings (SSSR count). The van der Waals surface area contributed by atoms with Crippen molar-refractivity contribution in [2.75, 3.05) is 0 Å². The van der Waals surface area contributed by atoms with Crippen molar-refractivity contribution in [1.29, 1.82) is 0 Å². The van der Waals surface area contributed by atoms with Gasteiger partial charge in [-0.3, -0.25) is 0 Å². The van der Waals surface area contributed by atoms with E-state index in [1.165, 1.54) is 25.7 Å². The number of hydrogen-bond acceptors (Lipinski definition) is 1. The maximum atomic E-state index is 6.08. The van der Waals surface area contributed by atoms with Gasteiger partial charge in [-0.2, -0.15) is 0 Å². The maximum Gasteiger partial charge on any atom is 0.184 e. The van der Waals surface area contributed by atoms with Gasteiger partial charge in [-0.05, 0) is 32.5 Å². The summed E-state index contributed by atoms with van der Waals surface area (Å²) in [7, 11) is -1.32. The standard InChI is InChI=1S/C9H19BrOSi/c1-12(2,3)11-9-7-5-4-6-8(9)10/h8-9H,4-7H2,1-3H3/t8-,9-/m0/s1. The lowest BCUT2D eigenvalue weighted by Crippen LogP contribution is -2.38. The highest BCUT2D eigenvalue weighted by molar-refractivity contribution is 9.09. The summed E-state index contributed by atoms with van der Waals surface area (Å²) in [6, 6.07) is 0. The minimum Gasteiger partial charge on any atom is -0.414 e. The molecule has 0 saturated heterocycles. The fraction of sp³-hybridized carbons (Fsp3) is 1.00. The van der Waals surface area contributed by atoms with E-state index in [9.17, 15) is 0 Å². The molecule has 0 bridgehead atoms. The second kappa shape index (κ2) is 4.25. The minimum absolute atomic E-state index is 0.491. The lowest BCUT2D eigenvalue weighted by atomic mass is 9.98. The van der Waals surface area contributed by atoms with Gasteiger partial charge in [0.1, 0.15) is 0 Å². The summed E-state index contributed by atoms with van der Waals surface area (Å²) in [4.78, 5) is 0.609. The Balaban J connectivity index is 2.39. The van der Waals surface area contributed by atoms with Gasteiger partial charge in [-0.15, -0.1) is 0 Å². The molecular weight excluding hydrogens is 232 g/mol. The van der Waals surface area contributed by atoms with Crippen LogP contribution in [0.25, 0.3) is 0 Å². The Morgan fingerprint density at radius 2 is 1.75 bits per heavy atom. The maximum absolute atomic E-state index is 6.08. The zero-order valence-corrected chi connectivity index (χ0v) is 10.9. The summed E-state index contributed by atoms with van der Waals surface area (Å²) in [5.74, 6) is 0. The first kappa shape index (κ1) is 10.7. The van der Waals surface area contributed by atoms with Crippen LogP contribution in [0.5, 0.6) is 0 Å². The Hall–Kier alpha value is 0.657. The first-order valence-corrected chi connectivity index (χ1v) is 9.13. The second-order valence-electron chi connectivity index (χ2n) is 4.57. The van der Waals surface area contributed by atoms with Gasteiger partial charge in [-0.25, -0.2) is 0 Å². The molecule has 72 valence electrons. The van der Waals surface area contributed by atoms with Gasteiger partial charge in [-0.1, -0.05) is 28.8 Å².